The highest BCUT2D eigenvalue weighted by Gasteiger charge is 2.26. The lowest BCUT2D eigenvalue weighted by Crippen LogP contribution is -2.45. The van der Waals surface area contributed by atoms with Crippen molar-refractivity contribution in [2.24, 2.45) is 0 Å². The number of rotatable bonds is 9. The van der Waals surface area contributed by atoms with Crippen LogP contribution in [-0.4, -0.2) is 37.0 Å². The van der Waals surface area contributed by atoms with Crippen LogP contribution in [0, 0.1) is 10.1 Å². The van der Waals surface area contributed by atoms with E-state index in [-0.39, 0.29) is 30.0 Å². The molecule has 33 heavy (non-hydrogen) atoms. The molecule has 1 saturated carbocycles. The van der Waals surface area contributed by atoms with Gasteiger partial charge < -0.3 is 20.1 Å². The van der Waals surface area contributed by atoms with Gasteiger partial charge in [0.05, 0.1) is 25.6 Å². The van der Waals surface area contributed by atoms with Crippen LogP contribution >= 0.6 is 0 Å². The molecule has 2 N–H and O–H groups in total. The Labute approximate surface area is 192 Å². The molecule has 1 aliphatic carbocycles. The molecule has 1 fully saturated rings. The second-order valence-corrected chi connectivity index (χ2v) is 8.06. The highest BCUT2D eigenvalue weighted by molar-refractivity contribution is 5.89. The molecule has 0 aromatic heterocycles. The first-order valence-electron chi connectivity index (χ1n) is 11.0. The zero-order chi connectivity index (χ0) is 23.8. The lowest BCUT2D eigenvalue weighted by atomic mass is 9.95. The first-order valence-corrected chi connectivity index (χ1v) is 11.0. The first-order chi connectivity index (χ1) is 15.9. The number of hydrogen-bond donors (Lipinski definition) is 2. The fraction of sp³-hybridized carbons (Fsp3) is 0.417. The minimum absolute atomic E-state index is 0.0283. The van der Waals surface area contributed by atoms with Crippen molar-refractivity contribution in [3.05, 3.63) is 63.7 Å². The minimum Gasteiger partial charge on any atom is -0.493 e. The van der Waals surface area contributed by atoms with Gasteiger partial charge in [-0.1, -0.05) is 25.3 Å². The number of nitro groups is 1. The summed E-state index contributed by atoms with van der Waals surface area (Å²) >= 11 is 0. The van der Waals surface area contributed by atoms with Crippen molar-refractivity contribution >= 4 is 17.5 Å². The SMILES string of the molecule is COc1ccc(CC(=O)NC(C(=O)NC2CCCCC2)c2ccc([N+](=O)[O-])cc2)cc1OC. The summed E-state index contributed by atoms with van der Waals surface area (Å²) in [5.74, 6) is 0.378. The van der Waals surface area contributed by atoms with Crippen LogP contribution in [0.2, 0.25) is 0 Å². The summed E-state index contributed by atoms with van der Waals surface area (Å²) in [6, 6.07) is 9.94. The molecule has 9 nitrogen and oxygen atoms in total. The van der Waals surface area contributed by atoms with Crippen LogP contribution in [0.15, 0.2) is 42.5 Å². The lowest BCUT2D eigenvalue weighted by Gasteiger charge is -2.26. The van der Waals surface area contributed by atoms with Crippen molar-refractivity contribution in [2.45, 2.75) is 50.6 Å². The monoisotopic (exact) mass is 455 g/mol. The highest BCUT2D eigenvalue weighted by Crippen LogP contribution is 2.28. The number of carbonyl (C=O) groups excluding carboxylic acids is 2. The highest BCUT2D eigenvalue weighted by atomic mass is 16.6. The molecule has 1 unspecified atom stereocenters. The maximum absolute atomic E-state index is 13.1. The number of ether oxygens (including phenoxy) is 2. The first kappa shape index (κ1) is 24.0. The smallest absolute Gasteiger partial charge is 0.269 e. The van der Waals surface area contributed by atoms with E-state index in [1.165, 1.54) is 38.5 Å². The van der Waals surface area contributed by atoms with E-state index in [9.17, 15) is 19.7 Å². The Morgan fingerprint density at radius 2 is 1.70 bits per heavy atom. The summed E-state index contributed by atoms with van der Waals surface area (Å²) < 4.78 is 10.5. The summed E-state index contributed by atoms with van der Waals surface area (Å²) in [5, 5.41) is 16.8. The van der Waals surface area contributed by atoms with Crippen LogP contribution in [-0.2, 0) is 16.0 Å². The molecule has 0 saturated heterocycles. The van der Waals surface area contributed by atoms with Crippen molar-refractivity contribution in [1.82, 2.24) is 10.6 Å². The van der Waals surface area contributed by atoms with Gasteiger partial charge in [0.1, 0.15) is 6.04 Å². The molecule has 3 rings (SSSR count). The van der Waals surface area contributed by atoms with Gasteiger partial charge in [-0.15, -0.1) is 0 Å². The number of hydrogen-bond acceptors (Lipinski definition) is 6. The van der Waals surface area contributed by atoms with Gasteiger partial charge in [0.2, 0.25) is 11.8 Å². The third-order valence-electron chi connectivity index (χ3n) is 5.77. The van der Waals surface area contributed by atoms with Crippen LogP contribution in [0.3, 0.4) is 0 Å². The number of methoxy groups -OCH3 is 2. The zero-order valence-corrected chi connectivity index (χ0v) is 18.8. The average molecular weight is 456 g/mol. The van der Waals surface area contributed by atoms with Gasteiger partial charge in [-0.3, -0.25) is 19.7 Å². The largest absolute Gasteiger partial charge is 0.493 e. The number of non-ortho nitro benzene ring substituents is 1. The summed E-state index contributed by atoms with van der Waals surface area (Å²) in [6.07, 6.45) is 5.09. The quantitative estimate of drug-likeness (QED) is 0.441. The predicted molar refractivity (Wildman–Crippen MR) is 122 cm³/mol. The Hall–Kier alpha value is -3.62. The molecule has 9 heteroatoms. The van der Waals surface area contributed by atoms with Crippen molar-refractivity contribution in [3.8, 4) is 11.5 Å². The Kier molecular flexibility index (Phi) is 8.23. The van der Waals surface area contributed by atoms with Crippen molar-refractivity contribution in [3.63, 3.8) is 0 Å². The van der Waals surface area contributed by atoms with E-state index in [4.69, 9.17) is 9.47 Å². The van der Waals surface area contributed by atoms with Crippen LogP contribution in [0.25, 0.3) is 0 Å². The normalized spacial score (nSPS) is 14.7. The molecule has 1 atom stereocenters. The van der Waals surface area contributed by atoms with Crippen molar-refractivity contribution in [2.75, 3.05) is 14.2 Å². The molecule has 0 bridgehead atoms. The molecule has 176 valence electrons. The van der Waals surface area contributed by atoms with Crippen LogP contribution in [0.1, 0.15) is 49.3 Å². The zero-order valence-electron chi connectivity index (χ0n) is 18.8. The summed E-state index contributed by atoms with van der Waals surface area (Å²) in [5.41, 5.74) is 1.09. The topological polar surface area (TPSA) is 120 Å². The van der Waals surface area contributed by atoms with Gasteiger partial charge in [0.15, 0.2) is 11.5 Å². The lowest BCUT2D eigenvalue weighted by molar-refractivity contribution is -0.384. The van der Waals surface area contributed by atoms with Gasteiger partial charge >= 0.3 is 0 Å². The van der Waals surface area contributed by atoms with Crippen molar-refractivity contribution < 1.29 is 24.0 Å². The standard InChI is InChI=1S/C24H29N3O6/c1-32-20-13-8-16(14-21(20)33-2)15-22(28)26-23(17-9-11-19(12-10-17)27(30)31)24(29)25-18-6-4-3-5-7-18/h8-14,18,23H,3-7,15H2,1-2H3,(H,25,29)(H,26,28). The fourth-order valence-electron chi connectivity index (χ4n) is 4.01. The number of nitrogens with zero attached hydrogens (tertiary/aromatic N) is 1. The third-order valence-corrected chi connectivity index (χ3v) is 5.77. The Morgan fingerprint density at radius 3 is 2.30 bits per heavy atom. The number of amides is 2. The third kappa shape index (κ3) is 6.44. The van der Waals surface area contributed by atoms with Crippen LogP contribution in [0.4, 0.5) is 5.69 Å². The minimum atomic E-state index is -0.958. The fourth-order valence-corrected chi connectivity index (χ4v) is 4.01. The molecule has 2 aromatic rings. The molecule has 1 aliphatic rings. The number of benzene rings is 2. The molecule has 2 amide bonds. The molecule has 0 heterocycles. The van der Waals surface area contributed by atoms with E-state index >= 15 is 0 Å². The summed E-state index contributed by atoms with van der Waals surface area (Å²) in [4.78, 5) is 36.4. The van der Waals surface area contributed by atoms with Gasteiger partial charge in [-0.2, -0.15) is 0 Å². The molecule has 2 aromatic carbocycles. The average Bonchev–Trinajstić information content (AvgIpc) is 2.83. The van der Waals surface area contributed by atoms with Gasteiger partial charge in [-0.25, -0.2) is 0 Å². The molecular weight excluding hydrogens is 426 g/mol. The molecule has 0 spiro atoms. The van der Waals surface area contributed by atoms with Gasteiger partial charge in [0.25, 0.3) is 5.69 Å². The van der Waals surface area contributed by atoms with E-state index in [0.29, 0.717) is 22.6 Å². The maximum Gasteiger partial charge on any atom is 0.269 e. The van der Waals surface area contributed by atoms with E-state index in [0.717, 1.165) is 32.1 Å². The van der Waals surface area contributed by atoms with Gasteiger partial charge in [-0.05, 0) is 48.2 Å². The van der Waals surface area contributed by atoms with E-state index in [1.807, 2.05) is 0 Å². The van der Waals surface area contributed by atoms with Gasteiger partial charge in [0, 0.05) is 18.2 Å². The van der Waals surface area contributed by atoms with Crippen molar-refractivity contribution in [1.29, 1.82) is 0 Å². The number of nitrogens with one attached hydrogen (secondary N) is 2. The second kappa shape index (κ2) is 11.3. The second-order valence-electron chi connectivity index (χ2n) is 8.06. The Bertz CT molecular complexity index is 986. The Morgan fingerprint density at radius 1 is 1.03 bits per heavy atom. The number of carbonyl (C=O) groups is 2. The maximum atomic E-state index is 13.1. The van der Waals surface area contributed by atoms with Crippen LogP contribution < -0.4 is 20.1 Å². The summed E-state index contributed by atoms with van der Waals surface area (Å²) in [7, 11) is 3.05. The molecular formula is C24H29N3O6. The van der Waals surface area contributed by atoms with E-state index in [1.54, 1.807) is 18.2 Å². The summed E-state index contributed by atoms with van der Waals surface area (Å²) in [6.45, 7) is 0. The van der Waals surface area contributed by atoms with E-state index < -0.39 is 11.0 Å². The Balaban J connectivity index is 1.77. The molecule has 0 radical (unpaired) electrons. The van der Waals surface area contributed by atoms with E-state index in [2.05, 4.69) is 10.6 Å². The predicted octanol–water partition coefficient (Wildman–Crippen LogP) is 3.46. The van der Waals surface area contributed by atoms with Crippen LogP contribution in [0.5, 0.6) is 11.5 Å². The number of nitro benzene ring substituents is 1. The molecule has 0 aliphatic heterocycles.